The molecule has 0 amide bonds. The van der Waals surface area contributed by atoms with Crippen LogP contribution in [0.4, 0.5) is 0 Å². The fourth-order valence-corrected chi connectivity index (χ4v) is 1.87. The Labute approximate surface area is 121 Å². The lowest BCUT2D eigenvalue weighted by atomic mass is 10.2. The zero-order valence-corrected chi connectivity index (χ0v) is 12.4. The fraction of sp³-hybridized carbons (Fsp3) is 0.267. The molecule has 19 heavy (non-hydrogen) atoms. The van der Waals surface area contributed by atoms with Crippen molar-refractivity contribution in [2.75, 3.05) is 6.61 Å². The summed E-state index contributed by atoms with van der Waals surface area (Å²) < 4.78 is 12.2. The van der Waals surface area contributed by atoms with Gasteiger partial charge in [0.05, 0.1) is 6.61 Å². The molecule has 100 valence electrons. The van der Waals surface area contributed by atoms with E-state index in [0.29, 0.717) is 24.8 Å². The van der Waals surface area contributed by atoms with Gasteiger partial charge >= 0.3 is 0 Å². The minimum Gasteiger partial charge on any atom is -0.488 e. The van der Waals surface area contributed by atoms with E-state index in [1.165, 1.54) is 0 Å². The first-order chi connectivity index (χ1) is 9.29. The van der Waals surface area contributed by atoms with E-state index in [2.05, 4.69) is 27.8 Å². The van der Waals surface area contributed by atoms with Gasteiger partial charge in [0.1, 0.15) is 6.61 Å². The number of hydrogen-bond donors (Lipinski definition) is 0. The first kappa shape index (κ1) is 13.9. The van der Waals surface area contributed by atoms with Crippen LogP contribution in [0.3, 0.4) is 0 Å². The topological polar surface area (TPSA) is 31.4 Å². The summed E-state index contributed by atoms with van der Waals surface area (Å²) in [5.41, 5.74) is 1.11. The smallest absolute Gasteiger partial charge is 0.257 e. The maximum atomic E-state index is 5.72. The molecule has 2 rings (SSSR count). The first-order valence-corrected chi connectivity index (χ1v) is 7.04. The third kappa shape index (κ3) is 4.24. The predicted octanol–water partition coefficient (Wildman–Crippen LogP) is 4.21. The zero-order chi connectivity index (χ0) is 13.5. The average molecular weight is 322 g/mol. The summed E-state index contributed by atoms with van der Waals surface area (Å²) in [7, 11) is 0. The van der Waals surface area contributed by atoms with Gasteiger partial charge in [0.15, 0.2) is 5.75 Å². The number of hydrogen-bond acceptors (Lipinski definition) is 3. The standard InChI is InChI=1S/C15H16BrNO2/c1-2-8-18-14-9-13(16)10-17-15(14)19-11-12-6-4-3-5-7-12/h3-7,9-10H,2,8,11H2,1H3. The third-order valence-corrected chi connectivity index (χ3v) is 2.90. The average Bonchev–Trinajstić information content (AvgIpc) is 2.45. The lowest BCUT2D eigenvalue weighted by Crippen LogP contribution is -2.02. The van der Waals surface area contributed by atoms with Crippen LogP contribution in [0.15, 0.2) is 47.1 Å². The Kier molecular flexibility index (Phi) is 5.21. The molecule has 0 saturated carbocycles. The van der Waals surface area contributed by atoms with E-state index in [9.17, 15) is 0 Å². The van der Waals surface area contributed by atoms with Gasteiger partial charge in [0.2, 0.25) is 0 Å². The quantitative estimate of drug-likeness (QED) is 0.798. The number of ether oxygens (including phenoxy) is 2. The van der Waals surface area contributed by atoms with Crippen LogP contribution < -0.4 is 9.47 Å². The number of halogens is 1. The van der Waals surface area contributed by atoms with Gasteiger partial charge in [-0.25, -0.2) is 4.98 Å². The lowest BCUT2D eigenvalue weighted by molar-refractivity contribution is 0.252. The van der Waals surface area contributed by atoms with Crippen molar-refractivity contribution in [2.24, 2.45) is 0 Å². The number of aromatic nitrogens is 1. The molecule has 0 aliphatic rings. The van der Waals surface area contributed by atoms with Crippen LogP contribution >= 0.6 is 15.9 Å². The molecule has 0 bridgehead atoms. The van der Waals surface area contributed by atoms with Gasteiger partial charge in [0, 0.05) is 16.7 Å². The molecule has 1 aromatic heterocycles. The lowest BCUT2D eigenvalue weighted by Gasteiger charge is -2.11. The monoisotopic (exact) mass is 321 g/mol. The molecule has 2 aromatic rings. The zero-order valence-electron chi connectivity index (χ0n) is 10.8. The van der Waals surface area contributed by atoms with E-state index in [4.69, 9.17) is 9.47 Å². The van der Waals surface area contributed by atoms with Crippen molar-refractivity contribution in [2.45, 2.75) is 20.0 Å². The molecule has 0 saturated heterocycles. The van der Waals surface area contributed by atoms with E-state index >= 15 is 0 Å². The van der Waals surface area contributed by atoms with Crippen molar-refractivity contribution in [1.82, 2.24) is 4.98 Å². The Hall–Kier alpha value is -1.55. The summed E-state index contributed by atoms with van der Waals surface area (Å²) in [5, 5.41) is 0. The molecule has 1 heterocycles. The summed E-state index contributed by atoms with van der Waals surface area (Å²) in [6.07, 6.45) is 2.66. The van der Waals surface area contributed by atoms with E-state index in [0.717, 1.165) is 16.5 Å². The summed E-state index contributed by atoms with van der Waals surface area (Å²) in [6.45, 7) is 3.20. The van der Waals surface area contributed by atoms with E-state index < -0.39 is 0 Å². The Balaban J connectivity index is 2.06. The first-order valence-electron chi connectivity index (χ1n) is 6.24. The van der Waals surface area contributed by atoms with Gasteiger partial charge in [-0.1, -0.05) is 37.3 Å². The van der Waals surface area contributed by atoms with Crippen LogP contribution in [-0.2, 0) is 6.61 Å². The SMILES string of the molecule is CCCOc1cc(Br)cnc1OCc1ccccc1. The van der Waals surface area contributed by atoms with E-state index in [1.54, 1.807) is 6.20 Å². The number of benzene rings is 1. The van der Waals surface area contributed by atoms with Crippen LogP contribution in [0.2, 0.25) is 0 Å². The number of nitrogens with zero attached hydrogens (tertiary/aromatic N) is 1. The highest BCUT2D eigenvalue weighted by Gasteiger charge is 2.08. The molecule has 0 radical (unpaired) electrons. The fourth-order valence-electron chi connectivity index (χ4n) is 1.56. The largest absolute Gasteiger partial charge is 0.488 e. The second kappa shape index (κ2) is 7.14. The van der Waals surface area contributed by atoms with Crippen molar-refractivity contribution < 1.29 is 9.47 Å². The Morgan fingerprint density at radius 2 is 1.95 bits per heavy atom. The van der Waals surface area contributed by atoms with Crippen molar-refractivity contribution in [3.63, 3.8) is 0 Å². The van der Waals surface area contributed by atoms with Crippen LogP contribution in [0.1, 0.15) is 18.9 Å². The maximum Gasteiger partial charge on any atom is 0.257 e. The molecule has 3 nitrogen and oxygen atoms in total. The Bertz CT molecular complexity index is 517. The van der Waals surface area contributed by atoms with Gasteiger partial charge in [0.25, 0.3) is 5.88 Å². The molecule has 0 aliphatic carbocycles. The molecule has 0 spiro atoms. The summed E-state index contributed by atoms with van der Waals surface area (Å²) >= 11 is 3.39. The van der Waals surface area contributed by atoms with Crippen LogP contribution in [-0.4, -0.2) is 11.6 Å². The summed E-state index contributed by atoms with van der Waals surface area (Å²) in [6, 6.07) is 11.9. The minimum absolute atomic E-state index is 0.484. The molecule has 4 heteroatoms. The van der Waals surface area contributed by atoms with E-state index in [-0.39, 0.29) is 0 Å². The molecule has 0 unspecified atom stereocenters. The van der Waals surface area contributed by atoms with Gasteiger partial charge in [-0.2, -0.15) is 0 Å². The van der Waals surface area contributed by atoms with Gasteiger partial charge in [-0.3, -0.25) is 0 Å². The molecular formula is C15H16BrNO2. The second-order valence-corrected chi connectivity index (χ2v) is 5.00. The summed E-state index contributed by atoms with van der Waals surface area (Å²) in [5.74, 6) is 1.20. The molecule has 0 aliphatic heterocycles. The third-order valence-electron chi connectivity index (χ3n) is 2.46. The molecule has 0 N–H and O–H groups in total. The maximum absolute atomic E-state index is 5.72. The van der Waals surface area contributed by atoms with Crippen LogP contribution in [0.5, 0.6) is 11.6 Å². The van der Waals surface area contributed by atoms with Crippen molar-refractivity contribution >= 4 is 15.9 Å². The molecule has 0 atom stereocenters. The van der Waals surface area contributed by atoms with Crippen LogP contribution in [0, 0.1) is 0 Å². The second-order valence-electron chi connectivity index (χ2n) is 4.08. The molecular weight excluding hydrogens is 306 g/mol. The van der Waals surface area contributed by atoms with Gasteiger partial charge in [-0.15, -0.1) is 0 Å². The van der Waals surface area contributed by atoms with Crippen molar-refractivity contribution in [3.05, 3.63) is 52.6 Å². The number of pyridine rings is 1. The Morgan fingerprint density at radius 1 is 1.16 bits per heavy atom. The van der Waals surface area contributed by atoms with Gasteiger partial charge < -0.3 is 9.47 Å². The highest BCUT2D eigenvalue weighted by atomic mass is 79.9. The number of rotatable bonds is 6. The minimum atomic E-state index is 0.484. The van der Waals surface area contributed by atoms with Gasteiger partial charge in [-0.05, 0) is 27.9 Å². The Morgan fingerprint density at radius 3 is 2.68 bits per heavy atom. The van der Waals surface area contributed by atoms with Crippen molar-refractivity contribution in [1.29, 1.82) is 0 Å². The highest BCUT2D eigenvalue weighted by molar-refractivity contribution is 9.10. The normalized spacial score (nSPS) is 10.2. The highest BCUT2D eigenvalue weighted by Crippen LogP contribution is 2.28. The van der Waals surface area contributed by atoms with Crippen molar-refractivity contribution in [3.8, 4) is 11.6 Å². The van der Waals surface area contributed by atoms with Crippen LogP contribution in [0.25, 0.3) is 0 Å². The summed E-state index contributed by atoms with van der Waals surface area (Å²) in [4.78, 5) is 4.25. The predicted molar refractivity (Wildman–Crippen MR) is 78.5 cm³/mol. The molecule has 0 fully saturated rings. The van der Waals surface area contributed by atoms with E-state index in [1.807, 2.05) is 36.4 Å². The molecule has 1 aromatic carbocycles.